The highest BCUT2D eigenvalue weighted by Gasteiger charge is 2.09. The number of aromatic amines is 1. The number of nitrogens with one attached hydrogen (secondary N) is 2. The number of aromatic nitrogens is 2. The van der Waals surface area contributed by atoms with Crippen LogP contribution < -0.4 is 5.32 Å². The van der Waals surface area contributed by atoms with Crippen molar-refractivity contribution in [2.24, 2.45) is 0 Å². The van der Waals surface area contributed by atoms with Crippen molar-refractivity contribution in [3.63, 3.8) is 0 Å². The number of rotatable bonds is 4. The van der Waals surface area contributed by atoms with Crippen LogP contribution in [0.2, 0.25) is 0 Å². The van der Waals surface area contributed by atoms with E-state index < -0.39 is 4.92 Å². The van der Waals surface area contributed by atoms with Gasteiger partial charge < -0.3 is 10.3 Å². The lowest BCUT2D eigenvalue weighted by Crippen LogP contribution is -2.01. The zero-order chi connectivity index (χ0) is 12.4. The number of hydrogen-bond acceptors (Lipinski definition) is 4. The number of hydrogen-bond donors (Lipinski definition) is 2. The molecule has 0 saturated heterocycles. The summed E-state index contributed by atoms with van der Waals surface area (Å²) in [5.41, 5.74) is 1.27. The van der Waals surface area contributed by atoms with Gasteiger partial charge in [-0.3, -0.25) is 10.1 Å². The van der Waals surface area contributed by atoms with Gasteiger partial charge in [0.25, 0.3) is 5.69 Å². The summed E-state index contributed by atoms with van der Waals surface area (Å²) in [6.07, 6.45) is 0. The third-order valence-electron chi connectivity index (χ3n) is 2.12. The van der Waals surface area contributed by atoms with Crippen molar-refractivity contribution in [3.8, 4) is 0 Å². The predicted octanol–water partition coefficient (Wildman–Crippen LogP) is 2.64. The quantitative estimate of drug-likeness (QED) is 0.647. The molecule has 0 aliphatic carbocycles. The van der Waals surface area contributed by atoms with Crippen molar-refractivity contribution in [1.29, 1.82) is 0 Å². The Morgan fingerprint density at radius 1 is 1.65 bits per heavy atom. The molecule has 17 heavy (non-hydrogen) atoms. The topological polar surface area (TPSA) is 83.8 Å². The van der Waals surface area contributed by atoms with E-state index in [4.69, 9.17) is 11.6 Å². The third-order valence-corrected chi connectivity index (χ3v) is 2.26. The van der Waals surface area contributed by atoms with Crippen molar-refractivity contribution in [2.45, 2.75) is 0 Å². The second-order valence-corrected chi connectivity index (χ2v) is 3.95. The molecule has 0 aliphatic rings. The van der Waals surface area contributed by atoms with Crippen LogP contribution in [0.4, 0.5) is 11.6 Å². The van der Waals surface area contributed by atoms with Gasteiger partial charge in [0.15, 0.2) is 0 Å². The molecule has 0 radical (unpaired) electrons. The van der Waals surface area contributed by atoms with Gasteiger partial charge in [-0.1, -0.05) is 18.2 Å². The fraction of sp³-hybridized carbons (Fsp3) is 0.100. The minimum Gasteiger partial charge on any atom is -0.351 e. The van der Waals surface area contributed by atoms with E-state index in [1.807, 2.05) is 0 Å². The number of fused-ring (bicyclic) bond motifs is 1. The Kier molecular flexibility index (Phi) is 2.97. The number of H-pyrrole nitrogens is 1. The largest absolute Gasteiger partial charge is 0.351 e. The molecule has 0 saturated carbocycles. The lowest BCUT2D eigenvalue weighted by molar-refractivity contribution is -0.384. The number of nitro benzene ring substituents is 1. The summed E-state index contributed by atoms with van der Waals surface area (Å²) in [7, 11) is 0. The molecule has 2 aromatic rings. The fourth-order valence-electron chi connectivity index (χ4n) is 1.37. The zero-order valence-electron chi connectivity index (χ0n) is 8.74. The highest BCUT2D eigenvalue weighted by molar-refractivity contribution is 6.29. The molecule has 0 bridgehead atoms. The molecule has 88 valence electrons. The van der Waals surface area contributed by atoms with Crippen molar-refractivity contribution >= 4 is 34.3 Å². The van der Waals surface area contributed by atoms with E-state index in [0.29, 0.717) is 28.6 Å². The highest BCUT2D eigenvalue weighted by Crippen LogP contribution is 2.20. The van der Waals surface area contributed by atoms with Crippen LogP contribution in [-0.4, -0.2) is 21.4 Å². The Bertz CT molecular complexity index is 593. The van der Waals surface area contributed by atoms with E-state index in [0.717, 1.165) is 0 Å². The Morgan fingerprint density at radius 2 is 2.41 bits per heavy atom. The summed E-state index contributed by atoms with van der Waals surface area (Å²) in [4.78, 5) is 17.3. The Labute approximate surface area is 101 Å². The summed E-state index contributed by atoms with van der Waals surface area (Å²) >= 11 is 5.61. The summed E-state index contributed by atoms with van der Waals surface area (Å²) in [6, 6.07) is 4.43. The molecule has 2 N–H and O–H groups in total. The van der Waals surface area contributed by atoms with Crippen LogP contribution in [-0.2, 0) is 0 Å². The van der Waals surface area contributed by atoms with Crippen LogP contribution in [0.3, 0.4) is 0 Å². The lowest BCUT2D eigenvalue weighted by Gasteiger charge is -1.98. The molecule has 0 amide bonds. The Balaban J connectivity index is 2.30. The van der Waals surface area contributed by atoms with Gasteiger partial charge in [0.05, 0.1) is 22.5 Å². The normalized spacial score (nSPS) is 10.4. The van der Waals surface area contributed by atoms with Crippen LogP contribution in [0, 0.1) is 10.1 Å². The van der Waals surface area contributed by atoms with Gasteiger partial charge in [-0.2, -0.15) is 0 Å². The molecule has 2 rings (SSSR count). The van der Waals surface area contributed by atoms with Gasteiger partial charge in [0, 0.05) is 17.2 Å². The van der Waals surface area contributed by atoms with E-state index in [-0.39, 0.29) is 5.69 Å². The second-order valence-electron chi connectivity index (χ2n) is 3.41. The smallest absolute Gasteiger partial charge is 0.271 e. The molecular weight excluding hydrogens is 244 g/mol. The molecule has 0 fully saturated rings. The summed E-state index contributed by atoms with van der Waals surface area (Å²) < 4.78 is 0. The van der Waals surface area contributed by atoms with E-state index in [9.17, 15) is 10.1 Å². The van der Waals surface area contributed by atoms with Crippen molar-refractivity contribution in [1.82, 2.24) is 9.97 Å². The Hall–Kier alpha value is -2.08. The molecule has 7 heteroatoms. The van der Waals surface area contributed by atoms with Crippen LogP contribution in [0.25, 0.3) is 11.0 Å². The van der Waals surface area contributed by atoms with Gasteiger partial charge in [-0.05, 0) is 6.07 Å². The molecule has 0 aliphatic heterocycles. The van der Waals surface area contributed by atoms with Gasteiger partial charge in [-0.15, -0.1) is 0 Å². The maximum Gasteiger partial charge on any atom is 0.271 e. The number of non-ortho nitro benzene ring substituents is 1. The second kappa shape index (κ2) is 4.42. The predicted molar refractivity (Wildman–Crippen MR) is 66.2 cm³/mol. The molecule has 0 unspecified atom stereocenters. The molecular formula is C10H9ClN4O2. The standard InChI is InChI=1S/C10H9ClN4O2/c1-6(11)5-12-10-13-8-3-2-7(15(16)17)4-9(8)14-10/h2-4H,1,5H2,(H2,12,13,14). The van der Waals surface area contributed by atoms with E-state index in [2.05, 4.69) is 21.9 Å². The highest BCUT2D eigenvalue weighted by atomic mass is 35.5. The summed E-state index contributed by atoms with van der Waals surface area (Å²) in [6.45, 7) is 3.91. The average molecular weight is 253 g/mol. The van der Waals surface area contributed by atoms with E-state index >= 15 is 0 Å². The summed E-state index contributed by atoms with van der Waals surface area (Å²) in [5, 5.41) is 14.0. The minimum atomic E-state index is -0.450. The molecule has 1 heterocycles. The van der Waals surface area contributed by atoms with Crippen molar-refractivity contribution in [3.05, 3.63) is 39.9 Å². The van der Waals surface area contributed by atoms with Gasteiger partial charge in [0.2, 0.25) is 5.95 Å². The third kappa shape index (κ3) is 2.54. The average Bonchev–Trinajstić information content (AvgIpc) is 2.67. The first-order chi connectivity index (χ1) is 8.06. The molecule has 1 aromatic carbocycles. The first kappa shape index (κ1) is 11.4. The number of halogens is 1. The van der Waals surface area contributed by atoms with Gasteiger partial charge in [-0.25, -0.2) is 4.98 Å². The van der Waals surface area contributed by atoms with Crippen LogP contribution in [0.15, 0.2) is 29.8 Å². The zero-order valence-corrected chi connectivity index (χ0v) is 9.49. The number of anilines is 1. The van der Waals surface area contributed by atoms with Gasteiger partial charge in [0.1, 0.15) is 0 Å². The minimum absolute atomic E-state index is 0.0226. The van der Waals surface area contributed by atoms with Crippen LogP contribution in [0.5, 0.6) is 0 Å². The number of benzene rings is 1. The maximum absolute atomic E-state index is 10.6. The first-order valence-electron chi connectivity index (χ1n) is 4.77. The van der Waals surface area contributed by atoms with E-state index in [1.165, 1.54) is 12.1 Å². The van der Waals surface area contributed by atoms with E-state index in [1.54, 1.807) is 6.07 Å². The SMILES string of the molecule is C=C(Cl)CNc1nc2ccc([N+](=O)[O-])cc2[nH]1. The molecule has 1 aromatic heterocycles. The molecule has 6 nitrogen and oxygen atoms in total. The Morgan fingerprint density at radius 3 is 3.06 bits per heavy atom. The fourth-order valence-corrected chi connectivity index (χ4v) is 1.44. The van der Waals surface area contributed by atoms with Crippen molar-refractivity contribution in [2.75, 3.05) is 11.9 Å². The maximum atomic E-state index is 10.6. The van der Waals surface area contributed by atoms with Crippen LogP contribution in [0.1, 0.15) is 0 Å². The van der Waals surface area contributed by atoms with Crippen LogP contribution >= 0.6 is 11.6 Å². The summed E-state index contributed by atoms with van der Waals surface area (Å²) in [5.74, 6) is 0.502. The molecule has 0 spiro atoms. The monoisotopic (exact) mass is 252 g/mol. The molecule has 0 atom stereocenters. The number of nitrogens with zero attached hydrogens (tertiary/aromatic N) is 2. The van der Waals surface area contributed by atoms with Gasteiger partial charge >= 0.3 is 0 Å². The number of nitro groups is 1. The van der Waals surface area contributed by atoms with Crippen molar-refractivity contribution < 1.29 is 4.92 Å². The number of imidazole rings is 1. The first-order valence-corrected chi connectivity index (χ1v) is 5.15. The lowest BCUT2D eigenvalue weighted by atomic mass is 10.3.